The average molecular weight is 345 g/mol. The minimum Gasteiger partial charge on any atom is -0.480 e. The predicted molar refractivity (Wildman–Crippen MR) is 82.2 cm³/mol. The fourth-order valence-corrected chi connectivity index (χ4v) is 5.38. The van der Waals surface area contributed by atoms with Gasteiger partial charge in [-0.1, -0.05) is 30.3 Å². The maximum absolute atomic E-state index is 13.5. The summed E-state index contributed by atoms with van der Waals surface area (Å²) in [5.41, 5.74) is -1.94. The lowest BCUT2D eigenvalue weighted by molar-refractivity contribution is -0.141. The first-order chi connectivity index (χ1) is 11.4. The summed E-state index contributed by atoms with van der Waals surface area (Å²) in [4.78, 5) is 11.6. The zero-order chi connectivity index (χ0) is 17.5. The van der Waals surface area contributed by atoms with Gasteiger partial charge in [0.25, 0.3) is 0 Å². The van der Waals surface area contributed by atoms with Gasteiger partial charge in [0.05, 0.1) is 11.0 Å². The van der Waals surface area contributed by atoms with Crippen LogP contribution in [-0.4, -0.2) is 24.7 Å². The van der Waals surface area contributed by atoms with Gasteiger partial charge in [0.1, 0.15) is 11.1 Å². The van der Waals surface area contributed by atoms with Gasteiger partial charge in [0.2, 0.25) is 0 Å². The Morgan fingerprint density at radius 2 is 1.83 bits per heavy atom. The molecule has 24 heavy (non-hydrogen) atoms. The third kappa shape index (κ3) is 2.19. The molecule has 0 amide bonds. The van der Waals surface area contributed by atoms with Gasteiger partial charge >= 0.3 is 5.97 Å². The number of nitrogens with zero attached hydrogens (tertiary/aromatic N) is 1. The van der Waals surface area contributed by atoms with Crippen LogP contribution in [0.3, 0.4) is 0 Å². The van der Waals surface area contributed by atoms with Crippen LogP contribution >= 0.6 is 0 Å². The van der Waals surface area contributed by atoms with Crippen LogP contribution in [0.4, 0.5) is 4.39 Å². The minimum absolute atomic E-state index is 0.0604. The monoisotopic (exact) mass is 345 g/mol. The highest BCUT2D eigenvalue weighted by molar-refractivity contribution is 7.92. The summed E-state index contributed by atoms with van der Waals surface area (Å²) in [5, 5.41) is 17.5. The third-order valence-electron chi connectivity index (χ3n) is 4.29. The molecule has 122 valence electrons. The number of rotatable bonds is 4. The molecule has 1 saturated carbocycles. The summed E-state index contributed by atoms with van der Waals surface area (Å²) < 4.78 is 39.1. The normalized spacial score (nSPS) is 25.7. The van der Waals surface area contributed by atoms with Gasteiger partial charge in [-0.05, 0) is 29.8 Å². The maximum atomic E-state index is 13.5. The molecule has 1 fully saturated rings. The first-order valence-corrected chi connectivity index (χ1v) is 8.59. The van der Waals surface area contributed by atoms with Crippen molar-refractivity contribution < 1.29 is 22.7 Å². The second-order valence-corrected chi connectivity index (χ2v) is 7.67. The van der Waals surface area contributed by atoms with Gasteiger partial charge in [0, 0.05) is 5.92 Å². The molecule has 0 aliphatic heterocycles. The Morgan fingerprint density at radius 3 is 2.38 bits per heavy atom. The summed E-state index contributed by atoms with van der Waals surface area (Å²) in [7, 11) is -4.07. The Hall–Kier alpha value is -2.72. The van der Waals surface area contributed by atoms with Crippen LogP contribution in [-0.2, 0) is 14.6 Å². The number of carboxylic acids is 1. The molecular formula is C17H12FNO4S. The number of carboxylic acid groups (broad SMARTS) is 1. The first-order valence-electron chi connectivity index (χ1n) is 7.04. The number of hydrogen-bond acceptors (Lipinski definition) is 4. The summed E-state index contributed by atoms with van der Waals surface area (Å²) >= 11 is 0. The van der Waals surface area contributed by atoms with E-state index in [0.717, 1.165) is 6.07 Å². The van der Waals surface area contributed by atoms with Gasteiger partial charge in [-0.25, -0.2) is 12.8 Å². The largest absolute Gasteiger partial charge is 0.480 e. The zero-order valence-corrected chi connectivity index (χ0v) is 13.1. The second kappa shape index (κ2) is 5.42. The molecule has 0 radical (unpaired) electrons. The molecule has 0 bridgehead atoms. The third-order valence-corrected chi connectivity index (χ3v) is 6.53. The summed E-state index contributed by atoms with van der Waals surface area (Å²) in [6, 6.07) is 14.0. The van der Waals surface area contributed by atoms with E-state index >= 15 is 0 Å². The van der Waals surface area contributed by atoms with Crippen LogP contribution < -0.4 is 0 Å². The quantitative estimate of drug-likeness (QED) is 0.918. The molecule has 1 aliphatic carbocycles. The van der Waals surface area contributed by atoms with E-state index in [1.807, 2.05) is 0 Å². The molecule has 0 spiro atoms. The van der Waals surface area contributed by atoms with Crippen LogP contribution in [0, 0.1) is 22.6 Å². The number of benzene rings is 2. The molecule has 7 heteroatoms. The molecule has 3 atom stereocenters. The van der Waals surface area contributed by atoms with Crippen molar-refractivity contribution in [3.63, 3.8) is 0 Å². The molecule has 1 N–H and O–H groups in total. The lowest BCUT2D eigenvalue weighted by Gasteiger charge is -2.04. The second-order valence-electron chi connectivity index (χ2n) is 5.60. The molecule has 3 rings (SSSR count). The summed E-state index contributed by atoms with van der Waals surface area (Å²) in [6.07, 6.45) is 0. The van der Waals surface area contributed by atoms with Gasteiger partial charge in [0.15, 0.2) is 15.3 Å². The first kappa shape index (κ1) is 16.1. The SMILES string of the molecule is N#C[C@]1(C(=O)O)[C@H](c2cccc(F)c2)[C@@H]1S(=O)(=O)c1ccccc1. The van der Waals surface area contributed by atoms with E-state index in [4.69, 9.17) is 0 Å². The van der Waals surface area contributed by atoms with Crippen molar-refractivity contribution in [3.05, 3.63) is 66.0 Å². The highest BCUT2D eigenvalue weighted by Crippen LogP contribution is 2.64. The van der Waals surface area contributed by atoms with Crippen LogP contribution in [0.15, 0.2) is 59.5 Å². The molecule has 0 heterocycles. The highest BCUT2D eigenvalue weighted by Gasteiger charge is 2.77. The van der Waals surface area contributed by atoms with Gasteiger partial charge in [-0.2, -0.15) is 5.26 Å². The Kier molecular flexibility index (Phi) is 3.65. The number of carbonyl (C=O) groups is 1. The van der Waals surface area contributed by atoms with Crippen molar-refractivity contribution in [2.24, 2.45) is 5.41 Å². The van der Waals surface area contributed by atoms with E-state index in [2.05, 4.69) is 0 Å². The van der Waals surface area contributed by atoms with Crippen molar-refractivity contribution in [2.75, 3.05) is 0 Å². The Morgan fingerprint density at radius 1 is 1.17 bits per heavy atom. The fourth-order valence-electron chi connectivity index (χ4n) is 3.11. The van der Waals surface area contributed by atoms with E-state index < -0.39 is 38.2 Å². The summed E-state index contributed by atoms with van der Waals surface area (Å²) in [6.45, 7) is 0. The van der Waals surface area contributed by atoms with E-state index in [1.54, 1.807) is 12.1 Å². The van der Waals surface area contributed by atoms with Crippen molar-refractivity contribution in [3.8, 4) is 6.07 Å². The lowest BCUT2D eigenvalue weighted by atomic mass is 10.0. The fraction of sp³-hybridized carbons (Fsp3) is 0.176. The van der Waals surface area contributed by atoms with Crippen LogP contribution in [0.1, 0.15) is 11.5 Å². The van der Waals surface area contributed by atoms with Crippen LogP contribution in [0.25, 0.3) is 0 Å². The topological polar surface area (TPSA) is 95.2 Å². The van der Waals surface area contributed by atoms with Crippen molar-refractivity contribution in [1.82, 2.24) is 0 Å². The molecule has 2 aromatic carbocycles. The number of aliphatic carboxylic acids is 1. The van der Waals surface area contributed by atoms with Crippen molar-refractivity contribution in [1.29, 1.82) is 5.26 Å². The minimum atomic E-state index is -4.07. The maximum Gasteiger partial charge on any atom is 0.326 e. The van der Waals surface area contributed by atoms with Gasteiger partial charge in [-0.15, -0.1) is 0 Å². The molecule has 1 aliphatic rings. The van der Waals surface area contributed by atoms with Crippen molar-refractivity contribution >= 4 is 15.8 Å². The number of nitriles is 1. The standard InChI is InChI=1S/C17H12FNO4S/c18-12-6-4-5-11(9-12)14-15(17(14,10-19)16(20)21)24(22,23)13-7-2-1-3-8-13/h1-9,14-15H,(H,20,21)/t14-,15+,17+/m1/s1. The van der Waals surface area contributed by atoms with E-state index in [0.29, 0.717) is 0 Å². The lowest BCUT2D eigenvalue weighted by Crippen LogP contribution is -2.22. The molecule has 2 aromatic rings. The summed E-state index contributed by atoms with van der Waals surface area (Å²) in [5.74, 6) is -3.27. The number of sulfone groups is 1. The van der Waals surface area contributed by atoms with E-state index in [-0.39, 0.29) is 10.5 Å². The molecule has 5 nitrogen and oxygen atoms in total. The molecular weight excluding hydrogens is 333 g/mol. The Balaban J connectivity index is 2.16. The molecule has 0 aromatic heterocycles. The van der Waals surface area contributed by atoms with Gasteiger partial charge < -0.3 is 5.11 Å². The van der Waals surface area contributed by atoms with E-state index in [9.17, 15) is 28.0 Å². The Bertz CT molecular complexity index is 952. The molecule has 0 unspecified atom stereocenters. The smallest absolute Gasteiger partial charge is 0.326 e. The van der Waals surface area contributed by atoms with Crippen molar-refractivity contribution in [2.45, 2.75) is 16.1 Å². The Labute approximate surface area is 137 Å². The van der Waals surface area contributed by atoms with Crippen LogP contribution in [0.2, 0.25) is 0 Å². The van der Waals surface area contributed by atoms with Crippen LogP contribution in [0.5, 0.6) is 0 Å². The van der Waals surface area contributed by atoms with Gasteiger partial charge in [-0.3, -0.25) is 4.79 Å². The van der Waals surface area contributed by atoms with E-state index in [1.165, 1.54) is 42.5 Å². The zero-order valence-electron chi connectivity index (χ0n) is 12.3. The predicted octanol–water partition coefficient (Wildman–Crippen LogP) is 2.36. The number of hydrogen-bond donors (Lipinski definition) is 1. The molecule has 0 saturated heterocycles. The average Bonchev–Trinajstić information content (AvgIpc) is 3.27. The highest BCUT2D eigenvalue weighted by atomic mass is 32.2. The number of halogens is 1.